The first-order valence-electron chi connectivity index (χ1n) is 6.95. The number of nitrogens with zero attached hydrogens (tertiary/aromatic N) is 2. The number of benzene rings is 2. The maximum absolute atomic E-state index is 11.9. The van der Waals surface area contributed by atoms with Crippen LogP contribution >= 0.6 is 11.3 Å². The Hall–Kier alpha value is -3.26. The van der Waals surface area contributed by atoms with E-state index in [4.69, 9.17) is 0 Å². The monoisotopic (exact) mass is 340 g/mol. The molecule has 1 aromatic heterocycles. The van der Waals surface area contributed by atoms with Crippen LogP contribution in [0, 0.1) is 10.1 Å². The van der Waals surface area contributed by atoms with Crippen molar-refractivity contribution >= 4 is 33.9 Å². The molecule has 120 valence electrons. The van der Waals surface area contributed by atoms with Crippen LogP contribution < -0.4 is 10.6 Å². The minimum atomic E-state index is -0.453. The van der Waals surface area contributed by atoms with Crippen LogP contribution in [0.15, 0.2) is 60.0 Å². The fourth-order valence-electron chi connectivity index (χ4n) is 2.00. The second-order valence-electron chi connectivity index (χ2n) is 4.79. The van der Waals surface area contributed by atoms with Gasteiger partial charge in [-0.1, -0.05) is 18.2 Å². The predicted octanol–water partition coefficient (Wildman–Crippen LogP) is 4.36. The smallest absolute Gasteiger partial charge is 0.308 e. The molecule has 3 rings (SSSR count). The fraction of sp³-hybridized carbons (Fsp3) is 0. The van der Waals surface area contributed by atoms with Crippen LogP contribution in [-0.2, 0) is 0 Å². The molecular formula is C16H12N4O3S. The fourth-order valence-corrected chi connectivity index (χ4v) is 2.71. The summed E-state index contributed by atoms with van der Waals surface area (Å²) >= 11 is 1.28. The number of nitro benzene ring substituents is 1. The van der Waals surface area contributed by atoms with Crippen LogP contribution in [0.3, 0.4) is 0 Å². The van der Waals surface area contributed by atoms with E-state index in [2.05, 4.69) is 15.6 Å². The number of aromatic nitrogens is 1. The molecule has 0 fully saturated rings. The van der Waals surface area contributed by atoms with E-state index in [0.29, 0.717) is 16.5 Å². The van der Waals surface area contributed by atoms with E-state index in [1.165, 1.54) is 23.5 Å². The van der Waals surface area contributed by atoms with Gasteiger partial charge in [-0.2, -0.15) is 0 Å². The molecule has 0 aliphatic heterocycles. The van der Waals surface area contributed by atoms with Gasteiger partial charge in [0, 0.05) is 28.8 Å². The highest BCUT2D eigenvalue weighted by molar-refractivity contribution is 7.14. The molecule has 2 N–H and O–H groups in total. The van der Waals surface area contributed by atoms with Crippen molar-refractivity contribution in [1.82, 2.24) is 4.98 Å². The minimum absolute atomic E-state index is 0.0227. The Morgan fingerprint density at radius 3 is 2.42 bits per heavy atom. The number of nitro groups is 1. The minimum Gasteiger partial charge on any atom is -0.308 e. The van der Waals surface area contributed by atoms with Gasteiger partial charge in [-0.3, -0.25) is 15.4 Å². The zero-order valence-electron chi connectivity index (χ0n) is 12.3. The van der Waals surface area contributed by atoms with Crippen molar-refractivity contribution in [3.05, 3.63) is 70.1 Å². The molecule has 0 saturated carbocycles. The molecule has 0 spiro atoms. The zero-order chi connectivity index (χ0) is 16.9. The number of urea groups is 1. The lowest BCUT2D eigenvalue weighted by Crippen LogP contribution is -2.19. The molecule has 1 heterocycles. The quantitative estimate of drug-likeness (QED) is 0.544. The normalized spacial score (nSPS) is 10.2. The average Bonchev–Trinajstić information content (AvgIpc) is 3.04. The summed E-state index contributed by atoms with van der Waals surface area (Å²) in [5, 5.41) is 18.2. The van der Waals surface area contributed by atoms with Gasteiger partial charge < -0.3 is 5.32 Å². The molecule has 0 saturated heterocycles. The van der Waals surface area contributed by atoms with Crippen molar-refractivity contribution in [2.45, 2.75) is 0 Å². The number of thiazole rings is 1. The lowest BCUT2D eigenvalue weighted by molar-refractivity contribution is -0.384. The van der Waals surface area contributed by atoms with Gasteiger partial charge in [-0.05, 0) is 24.3 Å². The lowest BCUT2D eigenvalue weighted by Gasteiger charge is -2.04. The van der Waals surface area contributed by atoms with Crippen molar-refractivity contribution in [1.29, 1.82) is 0 Å². The summed E-state index contributed by atoms with van der Waals surface area (Å²) in [5.41, 5.74) is 2.09. The van der Waals surface area contributed by atoms with Crippen LogP contribution in [0.1, 0.15) is 0 Å². The number of nitrogens with one attached hydrogen (secondary N) is 2. The van der Waals surface area contributed by atoms with E-state index in [9.17, 15) is 14.9 Å². The van der Waals surface area contributed by atoms with Gasteiger partial charge in [-0.25, -0.2) is 9.78 Å². The molecule has 0 atom stereocenters. The van der Waals surface area contributed by atoms with Crippen LogP contribution in [0.2, 0.25) is 0 Å². The summed E-state index contributed by atoms with van der Waals surface area (Å²) in [5.74, 6) is 0. The van der Waals surface area contributed by atoms with E-state index in [1.807, 2.05) is 18.2 Å². The van der Waals surface area contributed by atoms with Crippen LogP contribution in [0.4, 0.5) is 21.3 Å². The van der Waals surface area contributed by atoms with Crippen molar-refractivity contribution in [3.8, 4) is 11.3 Å². The molecule has 0 aliphatic carbocycles. The Bertz CT molecular complexity index is 863. The van der Waals surface area contributed by atoms with Crippen molar-refractivity contribution in [2.75, 3.05) is 10.6 Å². The number of amides is 2. The van der Waals surface area contributed by atoms with Gasteiger partial charge in [0.1, 0.15) is 0 Å². The van der Waals surface area contributed by atoms with Gasteiger partial charge in [-0.15, -0.1) is 11.3 Å². The molecule has 0 unspecified atom stereocenters. The van der Waals surface area contributed by atoms with Gasteiger partial charge in [0.25, 0.3) is 5.69 Å². The SMILES string of the molecule is O=C(Nc1ccccc1)Nc1nc(-c2ccc([N+](=O)[O-])cc2)cs1. The van der Waals surface area contributed by atoms with Gasteiger partial charge in [0.15, 0.2) is 5.13 Å². The summed E-state index contributed by atoms with van der Waals surface area (Å²) in [6.07, 6.45) is 0. The molecule has 7 nitrogen and oxygen atoms in total. The molecule has 0 bridgehead atoms. The summed E-state index contributed by atoms with van der Waals surface area (Å²) in [6.45, 7) is 0. The van der Waals surface area contributed by atoms with Crippen LogP contribution in [0.25, 0.3) is 11.3 Å². The van der Waals surface area contributed by atoms with Crippen LogP contribution in [0.5, 0.6) is 0 Å². The molecule has 8 heteroatoms. The maximum atomic E-state index is 11.9. The summed E-state index contributed by atoms with van der Waals surface area (Å²) < 4.78 is 0. The van der Waals surface area contributed by atoms with E-state index in [0.717, 1.165) is 5.56 Å². The third-order valence-electron chi connectivity index (χ3n) is 3.13. The average molecular weight is 340 g/mol. The number of para-hydroxylation sites is 1. The maximum Gasteiger partial charge on any atom is 0.325 e. The third-order valence-corrected chi connectivity index (χ3v) is 3.89. The van der Waals surface area contributed by atoms with E-state index < -0.39 is 4.92 Å². The summed E-state index contributed by atoms with van der Waals surface area (Å²) in [7, 11) is 0. The standard InChI is InChI=1S/C16H12N4O3S/c21-15(17-12-4-2-1-3-5-12)19-16-18-14(10-24-16)11-6-8-13(9-7-11)20(22)23/h1-10H,(H2,17,18,19,21). The van der Waals surface area contributed by atoms with Gasteiger partial charge in [0.2, 0.25) is 0 Å². The second-order valence-corrected chi connectivity index (χ2v) is 5.65. The number of non-ortho nitro benzene ring substituents is 1. The van der Waals surface area contributed by atoms with Gasteiger partial charge >= 0.3 is 6.03 Å². The highest BCUT2D eigenvalue weighted by Crippen LogP contribution is 2.26. The molecular weight excluding hydrogens is 328 g/mol. The number of carbonyl (C=O) groups is 1. The Labute approximate surface area is 141 Å². The van der Waals surface area contributed by atoms with E-state index in [-0.39, 0.29) is 11.7 Å². The molecule has 0 radical (unpaired) electrons. The Kier molecular flexibility index (Phi) is 4.48. The summed E-state index contributed by atoms with van der Waals surface area (Å²) in [4.78, 5) is 26.4. The second kappa shape index (κ2) is 6.88. The number of rotatable bonds is 4. The molecule has 3 aromatic rings. The summed E-state index contributed by atoms with van der Waals surface area (Å²) in [6, 6.07) is 14.8. The first kappa shape index (κ1) is 15.6. The number of anilines is 2. The highest BCUT2D eigenvalue weighted by Gasteiger charge is 2.10. The number of carbonyl (C=O) groups excluding carboxylic acids is 1. The van der Waals surface area contributed by atoms with Crippen molar-refractivity contribution < 1.29 is 9.72 Å². The third kappa shape index (κ3) is 3.73. The Balaban J connectivity index is 1.67. The van der Waals surface area contributed by atoms with Crippen LogP contribution in [-0.4, -0.2) is 15.9 Å². The van der Waals surface area contributed by atoms with Crippen molar-refractivity contribution in [2.24, 2.45) is 0 Å². The Morgan fingerprint density at radius 2 is 1.75 bits per heavy atom. The van der Waals surface area contributed by atoms with Crippen molar-refractivity contribution in [3.63, 3.8) is 0 Å². The number of hydrogen-bond acceptors (Lipinski definition) is 5. The highest BCUT2D eigenvalue weighted by atomic mass is 32.1. The molecule has 24 heavy (non-hydrogen) atoms. The topological polar surface area (TPSA) is 97.2 Å². The molecule has 2 aromatic carbocycles. The van der Waals surface area contributed by atoms with Gasteiger partial charge in [0.05, 0.1) is 10.6 Å². The molecule has 0 aliphatic rings. The largest absolute Gasteiger partial charge is 0.325 e. The first-order valence-corrected chi connectivity index (χ1v) is 7.83. The zero-order valence-corrected chi connectivity index (χ0v) is 13.1. The molecule has 2 amide bonds. The number of hydrogen-bond donors (Lipinski definition) is 2. The predicted molar refractivity (Wildman–Crippen MR) is 93.3 cm³/mol. The first-order chi connectivity index (χ1) is 11.6. The lowest BCUT2D eigenvalue weighted by atomic mass is 10.1. The van der Waals surface area contributed by atoms with E-state index in [1.54, 1.807) is 29.6 Å². The van der Waals surface area contributed by atoms with E-state index >= 15 is 0 Å². The Morgan fingerprint density at radius 1 is 1.04 bits per heavy atom.